The number of aliphatic imine (C=N–C) groups is 2. The highest BCUT2D eigenvalue weighted by molar-refractivity contribution is 5.87. The van der Waals surface area contributed by atoms with E-state index in [1.54, 1.807) is 0 Å². The quantitative estimate of drug-likeness (QED) is 0.633. The van der Waals surface area contributed by atoms with Gasteiger partial charge in [-0.25, -0.2) is 0 Å². The van der Waals surface area contributed by atoms with E-state index in [-0.39, 0.29) is 5.92 Å². The van der Waals surface area contributed by atoms with Crippen molar-refractivity contribution in [3.8, 4) is 0 Å². The molecule has 0 aliphatic heterocycles. The zero-order chi connectivity index (χ0) is 16.6. The molecule has 24 heavy (non-hydrogen) atoms. The third-order valence-electron chi connectivity index (χ3n) is 3.78. The zero-order valence-corrected chi connectivity index (χ0v) is 13.7. The van der Waals surface area contributed by atoms with Crippen molar-refractivity contribution < 1.29 is 0 Å². The molecule has 0 spiro atoms. The Morgan fingerprint density at radius 1 is 0.792 bits per heavy atom. The predicted octanol–water partition coefficient (Wildman–Crippen LogP) is 5.85. The lowest BCUT2D eigenvalue weighted by Crippen LogP contribution is -1.97. The third kappa shape index (κ3) is 4.50. The molecule has 2 aromatic rings. The van der Waals surface area contributed by atoms with Gasteiger partial charge in [-0.3, -0.25) is 9.98 Å². The fourth-order valence-electron chi connectivity index (χ4n) is 2.44. The maximum atomic E-state index is 4.55. The second kappa shape index (κ2) is 8.02. The average molecular weight is 312 g/mol. The normalized spacial score (nSPS) is 17.8. The van der Waals surface area contributed by atoms with Gasteiger partial charge in [-0.05, 0) is 35.4 Å². The summed E-state index contributed by atoms with van der Waals surface area (Å²) in [6.07, 6.45) is 12.3. The summed E-state index contributed by atoms with van der Waals surface area (Å²) in [5.41, 5.74) is 4.21. The van der Waals surface area contributed by atoms with Crippen LogP contribution in [-0.4, -0.2) is 12.4 Å². The molecule has 2 aromatic carbocycles. The lowest BCUT2D eigenvalue weighted by Gasteiger charge is -2.06. The Kier molecular flexibility index (Phi) is 5.31. The summed E-state index contributed by atoms with van der Waals surface area (Å²) in [7, 11) is 0. The van der Waals surface area contributed by atoms with Crippen molar-refractivity contribution in [1.82, 2.24) is 0 Å². The summed E-state index contributed by atoms with van der Waals surface area (Å²) < 4.78 is 0. The molecule has 3 rings (SSSR count). The van der Waals surface area contributed by atoms with Crippen molar-refractivity contribution in [2.24, 2.45) is 15.9 Å². The average Bonchev–Trinajstić information content (AvgIpc) is 2.81. The largest absolute Gasteiger partial charge is 0.257 e. The fourth-order valence-corrected chi connectivity index (χ4v) is 2.44. The lowest BCUT2D eigenvalue weighted by atomic mass is 10.0. The first kappa shape index (κ1) is 15.9. The topological polar surface area (TPSA) is 24.7 Å². The van der Waals surface area contributed by atoms with Crippen LogP contribution in [0.15, 0.2) is 106 Å². The van der Waals surface area contributed by atoms with Crippen molar-refractivity contribution in [2.75, 3.05) is 0 Å². The smallest absolute Gasteiger partial charge is 0.0629 e. The van der Waals surface area contributed by atoms with E-state index in [0.29, 0.717) is 0 Å². The number of allylic oxidation sites excluding steroid dienone is 6. The highest BCUT2D eigenvalue weighted by Crippen LogP contribution is 2.19. The molecule has 1 aliphatic carbocycles. The Morgan fingerprint density at radius 3 is 2.00 bits per heavy atom. The van der Waals surface area contributed by atoms with Gasteiger partial charge in [0.2, 0.25) is 0 Å². The van der Waals surface area contributed by atoms with Crippen molar-refractivity contribution >= 4 is 23.8 Å². The summed E-state index contributed by atoms with van der Waals surface area (Å²) in [5.74, 6) is 0.282. The maximum absolute atomic E-state index is 4.55. The molecule has 118 valence electrons. The Hall–Kier alpha value is -3.00. The molecule has 0 radical (unpaired) electrons. The van der Waals surface area contributed by atoms with Gasteiger partial charge in [-0.2, -0.15) is 0 Å². The summed E-state index contributed by atoms with van der Waals surface area (Å²) in [6, 6.07) is 20.0. The number of benzene rings is 2. The molecule has 0 bridgehead atoms. The second-order valence-electron chi connectivity index (χ2n) is 5.67. The van der Waals surface area contributed by atoms with E-state index in [4.69, 9.17) is 0 Å². The molecule has 2 heteroatoms. The Labute approximate surface area is 143 Å². The van der Waals surface area contributed by atoms with E-state index in [9.17, 15) is 0 Å². The van der Waals surface area contributed by atoms with Gasteiger partial charge in [0.15, 0.2) is 0 Å². The van der Waals surface area contributed by atoms with Gasteiger partial charge in [0.1, 0.15) is 0 Å². The minimum absolute atomic E-state index is 0.282. The molecule has 0 aromatic heterocycles. The van der Waals surface area contributed by atoms with E-state index in [0.717, 1.165) is 16.9 Å². The standard InChI is InChI=1S/C22H20N2/c1-18-15-19(16-23-21-11-4-2-5-12-21)9-8-10-20(18)17-24-22-13-6-3-7-14-22/h2-18H,1H3. The van der Waals surface area contributed by atoms with Gasteiger partial charge < -0.3 is 0 Å². The molecule has 0 saturated carbocycles. The van der Waals surface area contributed by atoms with Crippen LogP contribution in [-0.2, 0) is 0 Å². The van der Waals surface area contributed by atoms with Crippen LogP contribution in [0.4, 0.5) is 11.4 Å². The van der Waals surface area contributed by atoms with Gasteiger partial charge in [-0.15, -0.1) is 0 Å². The van der Waals surface area contributed by atoms with Crippen molar-refractivity contribution in [3.05, 3.63) is 96.1 Å². The molecule has 1 atom stereocenters. The van der Waals surface area contributed by atoms with E-state index < -0.39 is 0 Å². The Bertz CT molecular complexity index is 810. The van der Waals surface area contributed by atoms with Crippen LogP contribution < -0.4 is 0 Å². The van der Waals surface area contributed by atoms with Crippen LogP contribution in [0.25, 0.3) is 0 Å². The van der Waals surface area contributed by atoms with E-state index in [2.05, 4.69) is 41.2 Å². The minimum atomic E-state index is 0.282. The molecule has 0 N–H and O–H groups in total. The Balaban J connectivity index is 1.72. The van der Waals surface area contributed by atoms with Gasteiger partial charge in [-0.1, -0.05) is 67.6 Å². The second-order valence-corrected chi connectivity index (χ2v) is 5.67. The third-order valence-corrected chi connectivity index (χ3v) is 3.78. The van der Waals surface area contributed by atoms with Gasteiger partial charge in [0, 0.05) is 18.3 Å². The molecule has 2 nitrogen and oxygen atoms in total. The van der Waals surface area contributed by atoms with Crippen LogP contribution in [0.5, 0.6) is 0 Å². The van der Waals surface area contributed by atoms with E-state index in [1.165, 1.54) is 5.57 Å². The summed E-state index contributed by atoms with van der Waals surface area (Å²) >= 11 is 0. The van der Waals surface area contributed by atoms with Gasteiger partial charge in [0.25, 0.3) is 0 Å². The Morgan fingerprint density at radius 2 is 1.38 bits per heavy atom. The lowest BCUT2D eigenvalue weighted by molar-refractivity contribution is 0.909. The molecular weight excluding hydrogens is 292 g/mol. The first-order valence-corrected chi connectivity index (χ1v) is 8.09. The summed E-state index contributed by atoms with van der Waals surface area (Å²) in [4.78, 5) is 9.07. The number of para-hydroxylation sites is 2. The molecule has 0 heterocycles. The highest BCUT2D eigenvalue weighted by Gasteiger charge is 2.06. The maximum Gasteiger partial charge on any atom is 0.0629 e. The van der Waals surface area contributed by atoms with Crippen LogP contribution >= 0.6 is 0 Å². The van der Waals surface area contributed by atoms with Gasteiger partial charge >= 0.3 is 0 Å². The van der Waals surface area contributed by atoms with E-state index in [1.807, 2.05) is 73.1 Å². The molecule has 0 saturated heterocycles. The monoisotopic (exact) mass is 312 g/mol. The summed E-state index contributed by atoms with van der Waals surface area (Å²) in [5, 5.41) is 0. The molecule has 1 aliphatic rings. The minimum Gasteiger partial charge on any atom is -0.257 e. The predicted molar refractivity (Wildman–Crippen MR) is 104 cm³/mol. The molecule has 1 unspecified atom stereocenters. The number of hydrogen-bond acceptors (Lipinski definition) is 2. The first-order valence-electron chi connectivity index (χ1n) is 8.09. The van der Waals surface area contributed by atoms with Crippen molar-refractivity contribution in [2.45, 2.75) is 6.92 Å². The van der Waals surface area contributed by atoms with E-state index >= 15 is 0 Å². The number of rotatable bonds is 4. The van der Waals surface area contributed by atoms with Crippen LogP contribution in [0.3, 0.4) is 0 Å². The van der Waals surface area contributed by atoms with Crippen LogP contribution in [0, 0.1) is 5.92 Å². The zero-order valence-electron chi connectivity index (χ0n) is 13.7. The summed E-state index contributed by atoms with van der Waals surface area (Å²) in [6.45, 7) is 2.17. The van der Waals surface area contributed by atoms with Gasteiger partial charge in [0.05, 0.1) is 11.4 Å². The highest BCUT2D eigenvalue weighted by atomic mass is 14.7. The fraction of sp³-hybridized carbons (Fsp3) is 0.0909. The number of hydrogen-bond donors (Lipinski definition) is 0. The molecule has 0 fully saturated rings. The SMILES string of the molecule is CC1C=C(C=Nc2ccccc2)C=CC=C1C=Nc1ccccc1. The van der Waals surface area contributed by atoms with Crippen molar-refractivity contribution in [3.63, 3.8) is 0 Å². The van der Waals surface area contributed by atoms with Crippen LogP contribution in [0.2, 0.25) is 0 Å². The number of nitrogens with zero attached hydrogens (tertiary/aromatic N) is 2. The van der Waals surface area contributed by atoms with Crippen molar-refractivity contribution in [1.29, 1.82) is 0 Å². The molecular formula is C22H20N2. The van der Waals surface area contributed by atoms with Crippen LogP contribution in [0.1, 0.15) is 6.92 Å². The molecule has 0 amide bonds. The first-order chi connectivity index (χ1) is 11.8.